The van der Waals surface area contributed by atoms with Crippen molar-refractivity contribution >= 4 is 60.2 Å². The Kier molecular flexibility index (Phi) is 5.77. The second-order valence-electron chi connectivity index (χ2n) is 12.8. The van der Waals surface area contributed by atoms with E-state index in [1.165, 1.54) is 98.6 Å². The second kappa shape index (κ2) is 10.3. The van der Waals surface area contributed by atoms with Crippen LogP contribution >= 0.6 is 0 Å². The normalized spacial score (nSPS) is 12.9. The molecule has 0 saturated heterocycles. The van der Waals surface area contributed by atoms with Crippen LogP contribution in [-0.4, -0.2) is 4.98 Å². The Morgan fingerprint density at radius 2 is 1.09 bits per heavy atom. The molecule has 1 aliphatic rings. The maximum absolute atomic E-state index is 3.81. The molecule has 10 rings (SSSR count). The van der Waals surface area contributed by atoms with Crippen LogP contribution in [0.5, 0.6) is 0 Å². The Balaban J connectivity index is 1.17. The topological polar surface area (TPSA) is 15.8 Å². The van der Waals surface area contributed by atoms with Crippen molar-refractivity contribution < 1.29 is 0 Å². The molecule has 1 nitrogen and oxygen atoms in total. The molecule has 1 aliphatic carbocycles. The smallest absolute Gasteiger partial charge is 0.0544 e. The fraction of sp³-hybridized carbons (Fsp3) is 0.0435. The quantitative estimate of drug-likeness (QED) is 0.208. The molecule has 0 aliphatic heterocycles. The van der Waals surface area contributed by atoms with E-state index < -0.39 is 0 Å². The van der Waals surface area contributed by atoms with E-state index in [9.17, 15) is 0 Å². The van der Waals surface area contributed by atoms with Gasteiger partial charge in [0.05, 0.1) is 5.52 Å². The van der Waals surface area contributed by atoms with Gasteiger partial charge in [0.2, 0.25) is 0 Å². The van der Waals surface area contributed by atoms with Gasteiger partial charge >= 0.3 is 0 Å². The average Bonchev–Trinajstić information content (AvgIpc) is 3.52. The van der Waals surface area contributed by atoms with Gasteiger partial charge in [-0.2, -0.15) is 0 Å². The summed E-state index contributed by atoms with van der Waals surface area (Å²) in [6.07, 6.45) is 6.81. The van der Waals surface area contributed by atoms with Crippen molar-refractivity contribution in [2.45, 2.75) is 12.8 Å². The van der Waals surface area contributed by atoms with Gasteiger partial charge in [-0.3, -0.25) is 0 Å². The molecule has 8 aromatic carbocycles. The summed E-state index contributed by atoms with van der Waals surface area (Å²) in [6, 6.07) is 53.7. The Bertz CT molecular complexity index is 2720. The summed E-state index contributed by atoms with van der Waals surface area (Å²) in [5, 5.41) is 10.3. The molecule has 1 heteroatoms. The molecule has 0 unspecified atom stereocenters. The van der Waals surface area contributed by atoms with Gasteiger partial charge in [-0.25, -0.2) is 0 Å². The molecule has 220 valence electrons. The number of benzene rings is 8. The van der Waals surface area contributed by atoms with Crippen molar-refractivity contribution in [3.63, 3.8) is 0 Å². The summed E-state index contributed by atoms with van der Waals surface area (Å²) in [7, 11) is 0. The highest BCUT2D eigenvalue weighted by molar-refractivity contribution is 6.18. The minimum Gasteiger partial charge on any atom is -0.354 e. The maximum atomic E-state index is 3.81. The van der Waals surface area contributed by atoms with Crippen LogP contribution in [0.1, 0.15) is 17.5 Å². The largest absolute Gasteiger partial charge is 0.354 e. The monoisotopic (exact) mass is 597 g/mol. The fourth-order valence-corrected chi connectivity index (χ4v) is 8.12. The number of fused-ring (bicyclic) bond motifs is 8. The number of hydrogen-bond donors (Lipinski definition) is 1. The minimum atomic E-state index is 1.03. The highest BCUT2D eigenvalue weighted by Crippen LogP contribution is 2.46. The maximum Gasteiger partial charge on any atom is 0.0544 e. The summed E-state index contributed by atoms with van der Waals surface area (Å²) in [5.41, 5.74) is 12.9. The highest BCUT2D eigenvalue weighted by atomic mass is 14.7. The van der Waals surface area contributed by atoms with Crippen LogP contribution in [-0.2, 0) is 6.42 Å². The molecule has 0 fully saturated rings. The van der Waals surface area contributed by atoms with E-state index in [0.29, 0.717) is 0 Å². The van der Waals surface area contributed by atoms with E-state index in [1.54, 1.807) is 0 Å². The summed E-state index contributed by atoms with van der Waals surface area (Å²) in [5.74, 6) is 0. The average molecular weight is 598 g/mol. The van der Waals surface area contributed by atoms with E-state index in [1.807, 2.05) is 0 Å². The lowest BCUT2D eigenvalue weighted by Gasteiger charge is -2.24. The number of aromatic nitrogens is 1. The van der Waals surface area contributed by atoms with Crippen molar-refractivity contribution in [2.24, 2.45) is 0 Å². The van der Waals surface area contributed by atoms with E-state index in [-0.39, 0.29) is 0 Å². The number of nitrogens with one attached hydrogen (secondary N) is 1. The minimum absolute atomic E-state index is 1.03. The third kappa shape index (κ3) is 4.03. The van der Waals surface area contributed by atoms with Gasteiger partial charge in [0.1, 0.15) is 0 Å². The first-order valence-corrected chi connectivity index (χ1v) is 16.6. The van der Waals surface area contributed by atoms with Gasteiger partial charge in [0, 0.05) is 21.7 Å². The van der Waals surface area contributed by atoms with E-state index in [4.69, 9.17) is 0 Å². The van der Waals surface area contributed by atoms with Crippen LogP contribution in [0.25, 0.3) is 93.6 Å². The molecule has 0 radical (unpaired) electrons. The zero-order valence-corrected chi connectivity index (χ0v) is 25.9. The molecular weight excluding hydrogens is 567 g/mol. The van der Waals surface area contributed by atoms with E-state index >= 15 is 0 Å². The first-order valence-electron chi connectivity index (χ1n) is 16.6. The predicted octanol–water partition coefficient (Wildman–Crippen LogP) is 12.7. The number of allylic oxidation sites excluding steroid dienone is 1. The summed E-state index contributed by atoms with van der Waals surface area (Å²) in [4.78, 5) is 3.81. The predicted molar refractivity (Wildman–Crippen MR) is 202 cm³/mol. The van der Waals surface area contributed by atoms with Crippen molar-refractivity contribution in [3.8, 4) is 33.4 Å². The Morgan fingerprint density at radius 1 is 0.447 bits per heavy atom. The fourth-order valence-electron chi connectivity index (χ4n) is 8.12. The molecule has 9 aromatic rings. The van der Waals surface area contributed by atoms with Crippen LogP contribution in [0.15, 0.2) is 152 Å². The van der Waals surface area contributed by atoms with Gasteiger partial charge in [-0.05, 0) is 90.3 Å². The molecule has 47 heavy (non-hydrogen) atoms. The van der Waals surface area contributed by atoms with Crippen molar-refractivity contribution in [3.05, 3.63) is 163 Å². The van der Waals surface area contributed by atoms with Crippen LogP contribution in [0.3, 0.4) is 0 Å². The van der Waals surface area contributed by atoms with Gasteiger partial charge in [-0.1, -0.05) is 152 Å². The third-order valence-corrected chi connectivity index (χ3v) is 10.3. The Hall–Kier alpha value is -5.92. The standard InChI is InChI=1S/C46H31N/c1-3-13-34-29(10-1)12-9-19-35(34)31-20-22-32(23-21-31)44-38-15-5-7-17-40(38)45(41-18-8-6-16-39(41)44)33-25-26-37-42-27-24-30-11-2-4-14-36(30)46(42)47-43(37)28-33/h1-5,7-15,17-28,47H,6,16H2. The van der Waals surface area contributed by atoms with Gasteiger partial charge < -0.3 is 4.98 Å². The lowest BCUT2D eigenvalue weighted by atomic mass is 9.80. The van der Waals surface area contributed by atoms with Crippen molar-refractivity contribution in [2.75, 3.05) is 0 Å². The van der Waals surface area contributed by atoms with Crippen molar-refractivity contribution in [1.29, 1.82) is 0 Å². The molecule has 0 spiro atoms. The SMILES string of the molecule is C1=Cc2c(c(-c3ccc(-c4cccc5ccccc45)cc3)c3ccccc3c2-c2ccc3c(c2)[nH]c2c4ccccc4ccc32)CC1. The lowest BCUT2D eigenvalue weighted by molar-refractivity contribution is 0.991. The molecule has 1 N–H and O–H groups in total. The first kappa shape index (κ1) is 26.3. The molecule has 0 atom stereocenters. The highest BCUT2D eigenvalue weighted by Gasteiger charge is 2.22. The van der Waals surface area contributed by atoms with Gasteiger partial charge in [-0.15, -0.1) is 0 Å². The van der Waals surface area contributed by atoms with E-state index in [0.717, 1.165) is 12.8 Å². The second-order valence-corrected chi connectivity index (χ2v) is 12.8. The molecular formula is C46H31N. The number of aromatic amines is 1. The van der Waals surface area contributed by atoms with Gasteiger partial charge in [0.15, 0.2) is 0 Å². The Morgan fingerprint density at radius 3 is 1.91 bits per heavy atom. The van der Waals surface area contributed by atoms with Crippen LogP contribution in [0, 0.1) is 0 Å². The van der Waals surface area contributed by atoms with Crippen LogP contribution in [0.4, 0.5) is 0 Å². The molecule has 0 bridgehead atoms. The molecule has 0 saturated carbocycles. The number of hydrogen-bond acceptors (Lipinski definition) is 0. The third-order valence-electron chi connectivity index (χ3n) is 10.3. The first-order chi connectivity index (χ1) is 23.3. The van der Waals surface area contributed by atoms with Crippen molar-refractivity contribution in [1.82, 2.24) is 4.98 Å². The summed E-state index contributed by atoms with van der Waals surface area (Å²) < 4.78 is 0. The van der Waals surface area contributed by atoms with E-state index in [2.05, 4.69) is 163 Å². The van der Waals surface area contributed by atoms with Crippen LogP contribution < -0.4 is 0 Å². The molecule has 1 heterocycles. The summed E-state index contributed by atoms with van der Waals surface area (Å²) >= 11 is 0. The number of H-pyrrole nitrogens is 1. The summed E-state index contributed by atoms with van der Waals surface area (Å²) in [6.45, 7) is 0. The molecule has 1 aromatic heterocycles. The zero-order valence-electron chi connectivity index (χ0n) is 25.9. The Labute approximate surface area is 273 Å². The van der Waals surface area contributed by atoms with Gasteiger partial charge in [0.25, 0.3) is 0 Å². The number of rotatable bonds is 3. The molecule has 0 amide bonds. The lowest BCUT2D eigenvalue weighted by Crippen LogP contribution is -2.02. The van der Waals surface area contributed by atoms with Crippen LogP contribution in [0.2, 0.25) is 0 Å². The zero-order chi connectivity index (χ0) is 30.9.